The lowest BCUT2D eigenvalue weighted by atomic mass is 9.59. The van der Waals surface area contributed by atoms with E-state index in [0.29, 0.717) is 72.1 Å². The largest absolute Gasteiger partial charge is 0.489 e. The number of nitrogens with one attached hydrogen (secondary N) is 3. The number of benzene rings is 3. The van der Waals surface area contributed by atoms with Crippen molar-refractivity contribution in [3.05, 3.63) is 99.7 Å². The first-order valence-corrected chi connectivity index (χ1v) is 26.6. The van der Waals surface area contributed by atoms with Crippen LogP contribution in [0.15, 0.2) is 77.8 Å². The Balaban J connectivity index is 0.799. The number of sulfonamides is 1. The number of hydrogen-bond donors (Lipinski definition) is 3. The lowest BCUT2D eigenvalue weighted by Crippen LogP contribution is -2.55. The van der Waals surface area contributed by atoms with Crippen LogP contribution >= 0.6 is 0 Å². The fraction of sp³-hybridized carbons (Fsp3) is 0.500. The summed E-state index contributed by atoms with van der Waals surface area (Å²) in [6.45, 7) is 12.0. The van der Waals surface area contributed by atoms with E-state index in [1.54, 1.807) is 6.07 Å². The molecule has 1 saturated carbocycles. The number of anilines is 4. The number of hydrogen-bond acceptors (Lipinski definition) is 14. The number of aromatic amines is 1. The number of carbonyl (C=O) groups is 1. The number of aromatic nitrogens is 2. The van der Waals surface area contributed by atoms with Crippen LogP contribution in [0, 0.1) is 15.5 Å². The molecule has 2 bridgehead atoms. The predicted octanol–water partition coefficient (Wildman–Crippen LogP) is 7.86. The number of nitrogens with zero attached hydrogens (tertiary/aromatic N) is 6. The van der Waals surface area contributed by atoms with Gasteiger partial charge >= 0.3 is 0 Å². The predicted molar refractivity (Wildman–Crippen MR) is 266 cm³/mol. The molecule has 5 aromatic rings. The first-order valence-electron chi connectivity index (χ1n) is 25.1. The van der Waals surface area contributed by atoms with Crippen molar-refractivity contribution < 1.29 is 32.3 Å². The Morgan fingerprint density at radius 2 is 1.83 bits per heavy atom. The minimum atomic E-state index is -4.66. The zero-order valence-corrected chi connectivity index (χ0v) is 40.8. The average Bonchev–Trinajstić information content (AvgIpc) is 4.18. The van der Waals surface area contributed by atoms with Crippen LogP contribution in [0.25, 0.3) is 11.0 Å². The average molecular weight is 972 g/mol. The number of fused-ring (bicyclic) bond motifs is 5. The van der Waals surface area contributed by atoms with E-state index < -0.39 is 31.4 Å². The van der Waals surface area contributed by atoms with E-state index in [2.05, 4.69) is 67.8 Å². The van der Waals surface area contributed by atoms with E-state index in [4.69, 9.17) is 19.2 Å². The van der Waals surface area contributed by atoms with Crippen molar-refractivity contribution in [3.63, 3.8) is 0 Å². The standard InChI is InChI=1S/C52H61N9O8S/c1-31(2)40-7-4-5-8-41(40)43-9-6-16-59(43)37-24-52(25-37)13-17-57(18-14-52)35-10-11-42(44(21-35)60-26-32(3)69-51-46(60)19-33-12-15-53-49(33)55-51)50(62)56-70(65,66)39-22-45(61(63)64)48-47(23-39)68-29-34(54-48)27-58-28-38-20-36(58)30-67-38/h4-5,7-8,10-12,15,19,21-23,31-32,34,36-38,43,54H,6,9,13-14,16-18,20,24-30H2,1-3H3,(H,53,55)(H,56,62)/t32-,34-,36+,38+,43+/m1/s1. The van der Waals surface area contributed by atoms with Gasteiger partial charge in [0.15, 0.2) is 11.4 Å². The number of H-pyrrole nitrogens is 1. The molecule has 5 fully saturated rings. The van der Waals surface area contributed by atoms with Crippen molar-refractivity contribution >= 4 is 55.4 Å². The molecule has 6 aliphatic heterocycles. The fourth-order valence-corrected chi connectivity index (χ4v) is 13.8. The van der Waals surface area contributed by atoms with Crippen LogP contribution in [0.4, 0.5) is 28.4 Å². The number of pyridine rings is 1. The van der Waals surface area contributed by atoms with Gasteiger partial charge in [0.1, 0.15) is 24.0 Å². The van der Waals surface area contributed by atoms with Gasteiger partial charge in [-0.1, -0.05) is 38.1 Å². The Bertz CT molecular complexity index is 2980. The van der Waals surface area contributed by atoms with Gasteiger partial charge in [0.05, 0.1) is 46.4 Å². The van der Waals surface area contributed by atoms with Gasteiger partial charge in [0, 0.05) is 73.7 Å². The monoisotopic (exact) mass is 971 g/mol. The number of carbonyl (C=O) groups excluding carboxylic acids is 1. The van der Waals surface area contributed by atoms with Crippen LogP contribution in [-0.4, -0.2) is 122 Å². The second-order valence-corrected chi connectivity index (χ2v) is 22.8. The number of rotatable bonds is 11. The molecular weight excluding hydrogens is 911 g/mol. The van der Waals surface area contributed by atoms with Gasteiger partial charge in [0.2, 0.25) is 5.88 Å². The molecule has 1 aliphatic carbocycles. The van der Waals surface area contributed by atoms with Crippen LogP contribution in [0.3, 0.4) is 0 Å². The van der Waals surface area contributed by atoms with Gasteiger partial charge in [0.25, 0.3) is 21.6 Å². The van der Waals surface area contributed by atoms with Gasteiger partial charge in [-0.15, -0.1) is 0 Å². The maximum absolute atomic E-state index is 14.6. The Kier molecular flexibility index (Phi) is 11.2. The topological polar surface area (TPSA) is 188 Å². The van der Waals surface area contributed by atoms with Crippen molar-refractivity contribution in [1.82, 2.24) is 24.5 Å². The highest BCUT2D eigenvalue weighted by Gasteiger charge is 2.50. The molecule has 0 radical (unpaired) electrons. The summed E-state index contributed by atoms with van der Waals surface area (Å²) in [4.78, 5) is 43.4. The molecule has 1 spiro atoms. The molecule has 2 aromatic heterocycles. The normalized spacial score (nSPS) is 25.3. The third-order valence-electron chi connectivity index (χ3n) is 16.4. The number of amides is 1. The van der Waals surface area contributed by atoms with E-state index >= 15 is 0 Å². The molecule has 8 heterocycles. The van der Waals surface area contributed by atoms with E-state index in [-0.39, 0.29) is 41.9 Å². The Hall–Kier alpha value is -5.95. The quantitative estimate of drug-likeness (QED) is 0.0857. The van der Waals surface area contributed by atoms with Gasteiger partial charge in [-0.25, -0.2) is 13.1 Å². The number of ether oxygens (including phenoxy) is 3. The smallest absolute Gasteiger partial charge is 0.297 e. The number of nitro benzene ring substituents is 1. The molecule has 4 saturated heterocycles. The molecule has 7 aliphatic rings. The molecule has 70 heavy (non-hydrogen) atoms. The second-order valence-electron chi connectivity index (χ2n) is 21.2. The summed E-state index contributed by atoms with van der Waals surface area (Å²) in [6, 6.07) is 21.8. The minimum absolute atomic E-state index is 0.0328. The maximum Gasteiger partial charge on any atom is 0.297 e. The zero-order valence-electron chi connectivity index (χ0n) is 39.9. The maximum atomic E-state index is 14.6. The van der Waals surface area contributed by atoms with Crippen LogP contribution in [0.5, 0.6) is 11.6 Å². The van der Waals surface area contributed by atoms with Gasteiger partial charge < -0.3 is 34.3 Å². The minimum Gasteiger partial charge on any atom is -0.489 e. The van der Waals surface area contributed by atoms with Crippen molar-refractivity contribution in [2.75, 3.05) is 67.6 Å². The zero-order chi connectivity index (χ0) is 48.1. The molecule has 368 valence electrons. The molecular formula is C52H61N9O8S. The van der Waals surface area contributed by atoms with E-state index in [1.165, 1.54) is 42.9 Å². The third-order valence-corrected chi connectivity index (χ3v) is 17.7. The summed E-state index contributed by atoms with van der Waals surface area (Å²) in [5, 5.41) is 16.6. The SMILES string of the molecule is CC(C)c1ccccc1[C@@H]1CCCN1C1CC2(CCN(c3ccc(C(=O)NS(=O)(=O)c4cc5c(c([N+](=O)[O-])c4)N[C@H](CN4C[C@@H]6C[C@H]4CO6)CO5)c(N4C[C@@H](C)Oc5nc6[nH]ccc6cc54)c3)CC2)C1. The molecule has 18 heteroatoms. The molecule has 0 unspecified atom stereocenters. The number of nitro groups is 1. The highest BCUT2D eigenvalue weighted by molar-refractivity contribution is 7.90. The van der Waals surface area contributed by atoms with E-state index in [1.807, 2.05) is 42.3 Å². The third kappa shape index (κ3) is 8.09. The Morgan fingerprint density at radius 3 is 2.60 bits per heavy atom. The van der Waals surface area contributed by atoms with E-state index in [0.717, 1.165) is 62.6 Å². The van der Waals surface area contributed by atoms with E-state index in [9.17, 15) is 23.3 Å². The highest BCUT2D eigenvalue weighted by Crippen LogP contribution is 2.55. The second kappa shape index (κ2) is 17.4. The molecule has 3 aromatic carbocycles. The lowest BCUT2D eigenvalue weighted by Gasteiger charge is -2.56. The van der Waals surface area contributed by atoms with Gasteiger partial charge in [-0.3, -0.25) is 24.7 Å². The van der Waals surface area contributed by atoms with Gasteiger partial charge in [-0.05, 0) is 111 Å². The summed E-state index contributed by atoms with van der Waals surface area (Å²) in [5.41, 5.74) is 5.77. The number of piperidine rings is 1. The Labute approximate surface area is 408 Å². The molecule has 3 N–H and O–H groups in total. The van der Waals surface area contributed by atoms with Crippen molar-refractivity contribution in [2.45, 2.75) is 113 Å². The van der Waals surface area contributed by atoms with Crippen LogP contribution in [0.1, 0.15) is 99.2 Å². The van der Waals surface area contributed by atoms with Crippen LogP contribution in [0.2, 0.25) is 0 Å². The lowest BCUT2D eigenvalue weighted by molar-refractivity contribution is -0.384. The highest BCUT2D eigenvalue weighted by atomic mass is 32.2. The Morgan fingerprint density at radius 1 is 1.00 bits per heavy atom. The van der Waals surface area contributed by atoms with Crippen molar-refractivity contribution in [2.24, 2.45) is 5.41 Å². The molecule has 12 rings (SSSR count). The molecule has 5 atom stereocenters. The van der Waals surface area contributed by atoms with Crippen molar-refractivity contribution in [1.29, 1.82) is 0 Å². The first-order chi connectivity index (χ1) is 33.8. The summed E-state index contributed by atoms with van der Waals surface area (Å²) in [5.74, 6) is 0.0380. The summed E-state index contributed by atoms with van der Waals surface area (Å²) in [6.07, 6.45) is 9.62. The summed E-state index contributed by atoms with van der Waals surface area (Å²) < 4.78 is 48.8. The summed E-state index contributed by atoms with van der Waals surface area (Å²) >= 11 is 0. The van der Waals surface area contributed by atoms with Crippen molar-refractivity contribution in [3.8, 4) is 11.6 Å². The fourth-order valence-electron chi connectivity index (χ4n) is 12.8. The summed E-state index contributed by atoms with van der Waals surface area (Å²) in [7, 11) is -4.66. The molecule has 17 nitrogen and oxygen atoms in total. The first kappa shape index (κ1) is 45.2. The molecule has 1 amide bonds. The van der Waals surface area contributed by atoms with Crippen LogP contribution < -0.4 is 29.3 Å². The van der Waals surface area contributed by atoms with Crippen LogP contribution in [-0.2, 0) is 14.8 Å². The number of likely N-dealkylation sites (tertiary alicyclic amines) is 2. The van der Waals surface area contributed by atoms with Gasteiger partial charge in [-0.2, -0.15) is 4.98 Å². The number of morpholine rings is 1.